The van der Waals surface area contributed by atoms with Crippen molar-refractivity contribution in [1.82, 2.24) is 0 Å². The average Bonchev–Trinajstić information content (AvgIpc) is 3.49. The molecule has 0 atom stereocenters. The van der Waals surface area contributed by atoms with Crippen molar-refractivity contribution in [3.8, 4) is 5.75 Å². The first-order valence-electron chi connectivity index (χ1n) is 8.92. The third-order valence-electron chi connectivity index (χ3n) is 4.54. The average molecular weight is 387 g/mol. The number of hydrogen-bond donors (Lipinski definition) is 0. The van der Waals surface area contributed by atoms with Gasteiger partial charge in [-0.1, -0.05) is 29.8 Å². The standard InChI is InChI=1S/C22H23ClO4/c1-25-14-21(22(24)26-2)20-10-7-18(23)12-17(20)13-27-19-8-5-16(6-9-19)11-15-3-4-15/h5-10,12,14-15H,3-4,11,13H2,1-2H3. The SMILES string of the molecule is COC=C(C(=O)OC)c1ccc(Cl)cc1COc1ccc(CC2CC2)cc1. The van der Waals surface area contributed by atoms with Crippen molar-refractivity contribution in [3.63, 3.8) is 0 Å². The summed E-state index contributed by atoms with van der Waals surface area (Å²) in [5, 5.41) is 0.568. The summed E-state index contributed by atoms with van der Waals surface area (Å²) in [6.07, 6.45) is 5.19. The van der Waals surface area contributed by atoms with E-state index in [9.17, 15) is 4.79 Å². The molecule has 0 radical (unpaired) electrons. The minimum Gasteiger partial charge on any atom is -0.503 e. The molecule has 0 bridgehead atoms. The summed E-state index contributed by atoms with van der Waals surface area (Å²) in [5.41, 5.74) is 3.09. The van der Waals surface area contributed by atoms with Gasteiger partial charge in [0.2, 0.25) is 0 Å². The van der Waals surface area contributed by atoms with E-state index < -0.39 is 5.97 Å². The zero-order chi connectivity index (χ0) is 19.2. The van der Waals surface area contributed by atoms with Gasteiger partial charge in [-0.2, -0.15) is 0 Å². The van der Waals surface area contributed by atoms with E-state index in [0.717, 1.165) is 23.7 Å². The molecule has 0 saturated heterocycles. The second kappa shape index (κ2) is 8.96. The van der Waals surface area contributed by atoms with E-state index in [1.807, 2.05) is 12.1 Å². The Balaban J connectivity index is 1.76. The van der Waals surface area contributed by atoms with Crippen LogP contribution in [0.5, 0.6) is 5.75 Å². The molecule has 2 aromatic carbocycles. The van der Waals surface area contributed by atoms with Crippen LogP contribution in [0.2, 0.25) is 5.02 Å². The molecule has 5 heteroatoms. The van der Waals surface area contributed by atoms with E-state index in [-0.39, 0.29) is 6.61 Å². The van der Waals surface area contributed by atoms with Gasteiger partial charge in [-0.3, -0.25) is 0 Å². The highest BCUT2D eigenvalue weighted by molar-refractivity contribution is 6.30. The van der Waals surface area contributed by atoms with Crippen LogP contribution in [0.25, 0.3) is 5.57 Å². The molecular weight excluding hydrogens is 364 g/mol. The molecular formula is C22H23ClO4. The predicted octanol–water partition coefficient (Wildman–Crippen LogP) is 5.03. The Bertz CT molecular complexity index is 823. The van der Waals surface area contributed by atoms with Gasteiger partial charge in [0.25, 0.3) is 0 Å². The number of carbonyl (C=O) groups excluding carboxylic acids is 1. The van der Waals surface area contributed by atoms with Crippen LogP contribution in [0.15, 0.2) is 48.7 Å². The molecule has 1 fully saturated rings. The zero-order valence-corrected chi connectivity index (χ0v) is 16.3. The number of carbonyl (C=O) groups is 1. The Hall–Kier alpha value is -2.46. The van der Waals surface area contributed by atoms with Crippen LogP contribution in [0.1, 0.15) is 29.5 Å². The number of rotatable bonds is 8. The van der Waals surface area contributed by atoms with Crippen LogP contribution in [-0.2, 0) is 27.3 Å². The molecule has 3 rings (SSSR count). The number of benzene rings is 2. The van der Waals surface area contributed by atoms with Crippen molar-refractivity contribution in [1.29, 1.82) is 0 Å². The van der Waals surface area contributed by atoms with E-state index in [1.165, 1.54) is 38.9 Å². The number of ether oxygens (including phenoxy) is 3. The first kappa shape index (κ1) is 19.3. The Kier molecular flexibility index (Phi) is 6.40. The van der Waals surface area contributed by atoms with E-state index in [0.29, 0.717) is 16.2 Å². The summed E-state index contributed by atoms with van der Waals surface area (Å²) in [4.78, 5) is 12.1. The van der Waals surface area contributed by atoms with Crippen molar-refractivity contribution >= 4 is 23.1 Å². The highest BCUT2D eigenvalue weighted by atomic mass is 35.5. The zero-order valence-electron chi connectivity index (χ0n) is 15.5. The van der Waals surface area contributed by atoms with E-state index in [4.69, 9.17) is 25.8 Å². The lowest BCUT2D eigenvalue weighted by Gasteiger charge is -2.13. The Morgan fingerprint density at radius 1 is 1.15 bits per heavy atom. The van der Waals surface area contributed by atoms with Crippen LogP contribution >= 0.6 is 11.6 Å². The predicted molar refractivity (Wildman–Crippen MR) is 106 cm³/mol. The largest absolute Gasteiger partial charge is 0.503 e. The lowest BCUT2D eigenvalue weighted by Crippen LogP contribution is -2.08. The minimum absolute atomic E-state index is 0.274. The summed E-state index contributed by atoms with van der Waals surface area (Å²) in [6.45, 7) is 0.274. The van der Waals surface area contributed by atoms with Crippen LogP contribution in [-0.4, -0.2) is 20.2 Å². The van der Waals surface area contributed by atoms with Gasteiger partial charge in [0.15, 0.2) is 0 Å². The number of esters is 1. The van der Waals surface area contributed by atoms with Gasteiger partial charge >= 0.3 is 5.97 Å². The number of methoxy groups -OCH3 is 2. The van der Waals surface area contributed by atoms with Gasteiger partial charge in [-0.15, -0.1) is 0 Å². The van der Waals surface area contributed by atoms with E-state index in [1.54, 1.807) is 18.2 Å². The Labute approximate surface area is 164 Å². The lowest BCUT2D eigenvalue weighted by atomic mass is 10.0. The first-order valence-corrected chi connectivity index (χ1v) is 9.30. The van der Waals surface area contributed by atoms with Crippen LogP contribution < -0.4 is 4.74 Å². The second-order valence-corrected chi connectivity index (χ2v) is 7.08. The normalized spacial score (nSPS) is 14.0. The molecule has 4 nitrogen and oxygen atoms in total. The molecule has 1 saturated carbocycles. The van der Waals surface area contributed by atoms with Gasteiger partial charge in [-0.25, -0.2) is 4.79 Å². The molecule has 0 spiro atoms. The lowest BCUT2D eigenvalue weighted by molar-refractivity contribution is -0.133. The van der Waals surface area contributed by atoms with Crippen molar-refractivity contribution in [2.24, 2.45) is 5.92 Å². The van der Waals surface area contributed by atoms with Gasteiger partial charge in [0, 0.05) is 5.02 Å². The smallest absolute Gasteiger partial charge is 0.341 e. The summed E-state index contributed by atoms with van der Waals surface area (Å²) in [6, 6.07) is 13.4. The highest BCUT2D eigenvalue weighted by Gasteiger charge is 2.21. The van der Waals surface area contributed by atoms with E-state index in [2.05, 4.69) is 12.1 Å². The molecule has 142 valence electrons. The second-order valence-electron chi connectivity index (χ2n) is 6.64. The molecule has 27 heavy (non-hydrogen) atoms. The highest BCUT2D eigenvalue weighted by Crippen LogP contribution is 2.33. The van der Waals surface area contributed by atoms with E-state index >= 15 is 0 Å². The summed E-state index contributed by atoms with van der Waals surface area (Å²) < 4.78 is 15.8. The third-order valence-corrected chi connectivity index (χ3v) is 4.77. The summed E-state index contributed by atoms with van der Waals surface area (Å²) in [5.74, 6) is 1.15. The molecule has 0 aliphatic heterocycles. The number of halogens is 1. The molecule has 0 unspecified atom stereocenters. The van der Waals surface area contributed by atoms with Crippen molar-refractivity contribution in [3.05, 3.63) is 70.4 Å². The molecule has 1 aliphatic rings. The maximum absolute atomic E-state index is 12.1. The molecule has 0 aromatic heterocycles. The topological polar surface area (TPSA) is 44.8 Å². The Morgan fingerprint density at radius 2 is 1.89 bits per heavy atom. The third kappa shape index (κ3) is 5.27. The van der Waals surface area contributed by atoms with Gasteiger partial charge in [0.05, 0.1) is 20.5 Å². The molecule has 0 heterocycles. The van der Waals surface area contributed by atoms with Gasteiger partial charge in [-0.05, 0) is 66.1 Å². The first-order chi connectivity index (χ1) is 13.1. The summed E-state index contributed by atoms with van der Waals surface area (Å²) >= 11 is 6.15. The maximum atomic E-state index is 12.1. The van der Waals surface area contributed by atoms with Crippen LogP contribution in [0, 0.1) is 5.92 Å². The molecule has 0 N–H and O–H groups in total. The van der Waals surface area contributed by atoms with Crippen LogP contribution in [0.4, 0.5) is 0 Å². The molecule has 2 aromatic rings. The van der Waals surface area contributed by atoms with Crippen molar-refractivity contribution in [2.45, 2.75) is 25.9 Å². The minimum atomic E-state index is -0.482. The quantitative estimate of drug-likeness (QED) is 0.362. The number of hydrogen-bond acceptors (Lipinski definition) is 4. The molecule has 1 aliphatic carbocycles. The molecule has 0 amide bonds. The van der Waals surface area contributed by atoms with Gasteiger partial charge in [0.1, 0.15) is 17.9 Å². The van der Waals surface area contributed by atoms with Crippen molar-refractivity contribution < 1.29 is 19.0 Å². The fourth-order valence-corrected chi connectivity index (χ4v) is 3.13. The monoisotopic (exact) mass is 386 g/mol. The van der Waals surface area contributed by atoms with Crippen molar-refractivity contribution in [2.75, 3.05) is 14.2 Å². The maximum Gasteiger partial charge on any atom is 0.341 e. The summed E-state index contributed by atoms with van der Waals surface area (Å²) in [7, 11) is 2.82. The fraction of sp³-hybridized carbons (Fsp3) is 0.318. The fourth-order valence-electron chi connectivity index (χ4n) is 2.93. The van der Waals surface area contributed by atoms with Crippen LogP contribution in [0.3, 0.4) is 0 Å². The van der Waals surface area contributed by atoms with Gasteiger partial charge < -0.3 is 14.2 Å². The Morgan fingerprint density at radius 3 is 2.52 bits per heavy atom.